The Hall–Kier alpha value is -5.12. The van der Waals surface area contributed by atoms with Crippen molar-refractivity contribution in [3.8, 4) is 17.2 Å². The van der Waals surface area contributed by atoms with Gasteiger partial charge in [0.25, 0.3) is 11.5 Å². The molecule has 0 unspecified atom stereocenters. The molecule has 0 fully saturated rings. The summed E-state index contributed by atoms with van der Waals surface area (Å²) < 4.78 is 19.4. The molecule has 1 aliphatic heterocycles. The summed E-state index contributed by atoms with van der Waals surface area (Å²) in [5.41, 5.74) is 5.12. The number of amides is 1. The fourth-order valence-electron chi connectivity index (χ4n) is 5.50. The number of hydrogen-bond acceptors (Lipinski definition) is 7. The van der Waals surface area contributed by atoms with Crippen molar-refractivity contribution in [2.75, 3.05) is 25.6 Å². The van der Waals surface area contributed by atoms with Crippen LogP contribution in [0.3, 0.4) is 0 Å². The molecule has 0 radical (unpaired) electrons. The fraction of sp³-hybridized carbons (Fsp3) is 0.184. The number of nitrogens with zero attached hydrogens (tertiary/aromatic N) is 2. The van der Waals surface area contributed by atoms with E-state index in [-0.39, 0.29) is 18.1 Å². The topological polar surface area (TPSA) is 91.2 Å². The molecule has 1 aromatic heterocycles. The van der Waals surface area contributed by atoms with Gasteiger partial charge in [0.15, 0.2) is 16.3 Å². The summed E-state index contributed by atoms with van der Waals surface area (Å²) in [4.78, 5) is 33.0. The fourth-order valence-corrected chi connectivity index (χ4v) is 6.82. The van der Waals surface area contributed by atoms with Gasteiger partial charge >= 0.3 is 0 Å². The van der Waals surface area contributed by atoms with Gasteiger partial charge < -0.3 is 19.5 Å². The molecule has 0 saturated heterocycles. The Labute approximate surface area is 287 Å². The predicted molar refractivity (Wildman–Crippen MR) is 190 cm³/mol. The van der Waals surface area contributed by atoms with Crippen LogP contribution in [0.2, 0.25) is 5.02 Å². The molecular weight excluding hydrogens is 646 g/mol. The van der Waals surface area contributed by atoms with Crippen LogP contribution in [0.1, 0.15) is 35.2 Å². The van der Waals surface area contributed by atoms with Crippen LogP contribution in [0.25, 0.3) is 6.08 Å². The first-order valence-electron chi connectivity index (χ1n) is 15.4. The lowest BCUT2D eigenvalue weighted by molar-refractivity contribution is -0.113. The first-order valence-corrected chi connectivity index (χ1v) is 16.6. The number of nitrogens with one attached hydrogen (secondary N) is 1. The van der Waals surface area contributed by atoms with E-state index in [0.717, 1.165) is 16.9 Å². The number of ether oxygens (including phenoxy) is 3. The van der Waals surface area contributed by atoms with Crippen molar-refractivity contribution >= 4 is 40.6 Å². The van der Waals surface area contributed by atoms with Crippen LogP contribution >= 0.6 is 22.9 Å². The van der Waals surface area contributed by atoms with Gasteiger partial charge in [0.2, 0.25) is 0 Å². The maximum absolute atomic E-state index is 14.1. The second-order valence-corrected chi connectivity index (χ2v) is 12.7. The average Bonchev–Trinajstić information content (AvgIpc) is 3.38. The summed E-state index contributed by atoms with van der Waals surface area (Å²) in [5.74, 6) is 1.25. The molecule has 6 rings (SSSR count). The number of aromatic nitrogens is 1. The third kappa shape index (κ3) is 6.93. The molecule has 4 aromatic carbocycles. The van der Waals surface area contributed by atoms with Crippen LogP contribution in [0.5, 0.6) is 17.2 Å². The van der Waals surface area contributed by atoms with Crippen LogP contribution in [0, 0.1) is 13.8 Å². The number of benzene rings is 4. The van der Waals surface area contributed by atoms with Crippen molar-refractivity contribution < 1.29 is 19.0 Å². The van der Waals surface area contributed by atoms with Gasteiger partial charge in [-0.2, -0.15) is 0 Å². The van der Waals surface area contributed by atoms with E-state index in [2.05, 4.69) is 12.2 Å². The lowest BCUT2D eigenvalue weighted by Crippen LogP contribution is -2.40. The quantitative estimate of drug-likeness (QED) is 0.168. The summed E-state index contributed by atoms with van der Waals surface area (Å²) in [6.45, 7) is 6.46. The van der Waals surface area contributed by atoms with E-state index in [1.54, 1.807) is 29.7 Å². The lowest BCUT2D eigenvalue weighted by atomic mass is 9.95. The highest BCUT2D eigenvalue weighted by atomic mass is 35.5. The number of fused-ring (bicyclic) bond motifs is 1. The minimum atomic E-state index is -0.673. The van der Waals surface area contributed by atoms with Gasteiger partial charge in [-0.25, -0.2) is 4.99 Å². The zero-order chi connectivity index (χ0) is 33.8. The Bertz CT molecular complexity index is 2190. The minimum absolute atomic E-state index is 0.250. The molecule has 0 bridgehead atoms. The third-order valence-corrected chi connectivity index (χ3v) is 9.30. The van der Waals surface area contributed by atoms with Crippen molar-refractivity contribution in [1.29, 1.82) is 0 Å². The molecule has 0 spiro atoms. The number of rotatable bonds is 10. The van der Waals surface area contributed by atoms with Crippen LogP contribution in [0.4, 0.5) is 5.69 Å². The molecular formula is C38H34ClN3O5S. The summed E-state index contributed by atoms with van der Waals surface area (Å²) in [6.07, 6.45) is 1.75. The van der Waals surface area contributed by atoms with E-state index in [0.29, 0.717) is 55.0 Å². The number of anilines is 1. The zero-order valence-corrected chi connectivity index (χ0v) is 28.5. The SMILES string of the molecule is COc1cc(/C=c2\sc3n(c2=O)[C@@H](c2ccccc2)C(C(=O)Nc2ccccc2)=C(C)N=3)cc(Cl)c1OCCOc1ccc(C)c(C)c1. The monoisotopic (exact) mass is 679 g/mol. The molecule has 1 atom stereocenters. The molecule has 1 N–H and O–H groups in total. The second kappa shape index (κ2) is 14.3. The summed E-state index contributed by atoms with van der Waals surface area (Å²) in [6, 6.07) is 27.5. The predicted octanol–water partition coefficient (Wildman–Crippen LogP) is 6.61. The van der Waals surface area contributed by atoms with Crippen LogP contribution in [-0.4, -0.2) is 30.8 Å². The molecule has 1 amide bonds. The highest BCUT2D eigenvalue weighted by molar-refractivity contribution is 7.07. The number of hydrogen-bond donors (Lipinski definition) is 1. The van der Waals surface area contributed by atoms with Gasteiger partial charge in [0.05, 0.1) is 34.0 Å². The second-order valence-electron chi connectivity index (χ2n) is 11.3. The summed E-state index contributed by atoms with van der Waals surface area (Å²) in [7, 11) is 1.53. The van der Waals surface area contributed by atoms with Crippen molar-refractivity contribution in [2.45, 2.75) is 26.8 Å². The van der Waals surface area contributed by atoms with E-state index in [9.17, 15) is 9.59 Å². The molecule has 244 valence electrons. The third-order valence-electron chi connectivity index (χ3n) is 8.04. The van der Waals surface area contributed by atoms with Crippen molar-refractivity contribution in [3.63, 3.8) is 0 Å². The zero-order valence-electron chi connectivity index (χ0n) is 27.0. The van der Waals surface area contributed by atoms with Gasteiger partial charge in [0.1, 0.15) is 19.0 Å². The van der Waals surface area contributed by atoms with Crippen molar-refractivity contribution in [1.82, 2.24) is 4.57 Å². The largest absolute Gasteiger partial charge is 0.493 e. The number of thiazole rings is 1. The average molecular weight is 680 g/mol. The van der Waals surface area contributed by atoms with E-state index in [1.807, 2.05) is 85.8 Å². The Morgan fingerprint density at radius 2 is 1.65 bits per heavy atom. The minimum Gasteiger partial charge on any atom is -0.493 e. The number of aryl methyl sites for hydroxylation is 2. The molecule has 2 heterocycles. The standard InChI is InChI=1S/C38H34ClN3O5S/c1-23-15-16-29(19-24(23)2)46-17-18-47-35-30(39)20-26(21-31(35)45-4)22-32-37(44)42-34(27-11-7-5-8-12-27)33(25(3)40-38(42)48-32)36(43)41-28-13-9-6-10-14-28/h5-16,19-22,34H,17-18H2,1-4H3,(H,41,43)/b32-22-/t34-/m0/s1. The Balaban J connectivity index is 1.30. The molecule has 10 heteroatoms. The Kier molecular flexibility index (Phi) is 9.80. The highest BCUT2D eigenvalue weighted by Gasteiger charge is 2.32. The van der Waals surface area contributed by atoms with Crippen LogP contribution < -0.4 is 34.4 Å². The number of allylic oxidation sites excluding steroid dienone is 1. The first kappa shape index (κ1) is 32.8. The molecule has 8 nitrogen and oxygen atoms in total. The normalized spacial score (nSPS) is 14.3. The number of para-hydroxylation sites is 1. The summed E-state index contributed by atoms with van der Waals surface area (Å²) in [5, 5.41) is 3.30. The number of carbonyl (C=O) groups excluding carboxylic acids is 1. The summed E-state index contributed by atoms with van der Waals surface area (Å²) >= 11 is 7.93. The maximum Gasteiger partial charge on any atom is 0.271 e. The van der Waals surface area contributed by atoms with Gasteiger partial charge in [-0.1, -0.05) is 77.5 Å². The molecule has 1 aliphatic rings. The molecule has 0 aliphatic carbocycles. The van der Waals surface area contributed by atoms with Gasteiger partial charge in [-0.05, 0) is 85.5 Å². The molecule has 0 saturated carbocycles. The molecule has 5 aromatic rings. The highest BCUT2D eigenvalue weighted by Crippen LogP contribution is 2.37. The van der Waals surface area contributed by atoms with Gasteiger partial charge in [0, 0.05) is 5.69 Å². The van der Waals surface area contributed by atoms with E-state index >= 15 is 0 Å². The Morgan fingerprint density at radius 3 is 2.35 bits per heavy atom. The van der Waals surface area contributed by atoms with Crippen molar-refractivity contribution in [2.24, 2.45) is 4.99 Å². The smallest absolute Gasteiger partial charge is 0.271 e. The number of halogens is 1. The number of carbonyl (C=O) groups is 1. The first-order chi connectivity index (χ1) is 23.2. The number of methoxy groups -OCH3 is 1. The van der Waals surface area contributed by atoms with E-state index in [4.69, 9.17) is 30.8 Å². The molecule has 48 heavy (non-hydrogen) atoms. The van der Waals surface area contributed by atoms with E-state index in [1.165, 1.54) is 24.0 Å². The maximum atomic E-state index is 14.1. The van der Waals surface area contributed by atoms with Crippen molar-refractivity contribution in [3.05, 3.63) is 149 Å². The van der Waals surface area contributed by atoms with Gasteiger partial charge in [-0.15, -0.1) is 0 Å². The van der Waals surface area contributed by atoms with Crippen LogP contribution in [-0.2, 0) is 4.79 Å². The lowest BCUT2D eigenvalue weighted by Gasteiger charge is -2.25. The Morgan fingerprint density at radius 1 is 0.938 bits per heavy atom. The van der Waals surface area contributed by atoms with E-state index < -0.39 is 6.04 Å². The van der Waals surface area contributed by atoms with Gasteiger partial charge in [-0.3, -0.25) is 14.2 Å². The van der Waals surface area contributed by atoms with Crippen LogP contribution in [0.15, 0.2) is 112 Å².